The Hall–Kier alpha value is -7.08. The first-order valence-electron chi connectivity index (χ1n) is 18.0. The van der Waals surface area contributed by atoms with Crippen molar-refractivity contribution < 1.29 is 0 Å². The van der Waals surface area contributed by atoms with Gasteiger partial charge in [-0.2, -0.15) is 5.26 Å². The molecule has 0 unspecified atom stereocenters. The van der Waals surface area contributed by atoms with Crippen molar-refractivity contribution in [3.8, 4) is 50.6 Å². The summed E-state index contributed by atoms with van der Waals surface area (Å²) in [5, 5.41) is 14.5. The molecule has 1 heterocycles. The van der Waals surface area contributed by atoms with Gasteiger partial charge in [0.05, 0.1) is 11.0 Å². The first kappa shape index (κ1) is 30.7. The number of fused-ring (bicyclic) bond motifs is 6. The van der Waals surface area contributed by atoms with E-state index in [9.17, 15) is 5.26 Å². The molecule has 0 amide bonds. The normalized spacial score (nSPS) is 12.7. The molecule has 0 saturated heterocycles. The number of pyridine rings is 1. The Morgan fingerprint density at radius 3 is 1.83 bits per heavy atom. The molecule has 2 heteroatoms. The second-order valence-electron chi connectivity index (χ2n) is 13.9. The second-order valence-corrected chi connectivity index (χ2v) is 13.9. The number of hydrogen-bond acceptors (Lipinski definition) is 2. The van der Waals surface area contributed by atoms with Crippen LogP contribution in [0.15, 0.2) is 194 Å². The molecule has 10 rings (SSSR count). The van der Waals surface area contributed by atoms with E-state index in [2.05, 4.69) is 187 Å². The van der Waals surface area contributed by atoms with E-state index in [1.54, 1.807) is 6.20 Å². The van der Waals surface area contributed by atoms with Gasteiger partial charge in [0, 0.05) is 18.0 Å². The smallest absolute Gasteiger partial charge is 0.101 e. The molecule has 8 aromatic carbocycles. The zero-order chi connectivity index (χ0) is 35.4. The molecular formula is C51H32N2. The molecule has 0 radical (unpaired) electrons. The molecule has 53 heavy (non-hydrogen) atoms. The Kier molecular flexibility index (Phi) is 7.13. The molecule has 0 fully saturated rings. The van der Waals surface area contributed by atoms with Crippen LogP contribution in [0.1, 0.15) is 27.8 Å². The summed E-state index contributed by atoms with van der Waals surface area (Å²) in [6, 6.07) is 68.6. The van der Waals surface area contributed by atoms with Crippen LogP contribution >= 0.6 is 0 Å². The predicted octanol–water partition coefficient (Wildman–Crippen LogP) is 12.6. The SMILES string of the molecule is N#Cc1cncc(-c2cccc(-c3cc4c(c5ccccc35)-c3ccc(-c5ccc6ccccc6c5)cc3C4(c3ccccc3)c3ccccc3)c2)c1. The minimum atomic E-state index is -0.582. The molecule has 0 saturated carbocycles. The minimum absolute atomic E-state index is 0.548. The Morgan fingerprint density at radius 2 is 1.06 bits per heavy atom. The maximum Gasteiger partial charge on any atom is 0.101 e. The van der Waals surface area contributed by atoms with E-state index in [-0.39, 0.29) is 0 Å². The first-order valence-corrected chi connectivity index (χ1v) is 18.0. The van der Waals surface area contributed by atoms with Crippen LogP contribution in [0.3, 0.4) is 0 Å². The van der Waals surface area contributed by atoms with Crippen LogP contribution in [0.4, 0.5) is 0 Å². The van der Waals surface area contributed by atoms with E-state index < -0.39 is 5.41 Å². The van der Waals surface area contributed by atoms with Crippen LogP contribution in [-0.2, 0) is 5.41 Å². The van der Waals surface area contributed by atoms with Crippen LogP contribution in [0.5, 0.6) is 0 Å². The molecule has 0 spiro atoms. The molecule has 0 N–H and O–H groups in total. The van der Waals surface area contributed by atoms with Gasteiger partial charge in [-0.15, -0.1) is 0 Å². The van der Waals surface area contributed by atoms with Gasteiger partial charge in [0.2, 0.25) is 0 Å². The van der Waals surface area contributed by atoms with E-state index in [4.69, 9.17) is 0 Å². The van der Waals surface area contributed by atoms with Crippen molar-refractivity contribution in [2.75, 3.05) is 0 Å². The monoisotopic (exact) mass is 672 g/mol. The summed E-state index contributed by atoms with van der Waals surface area (Å²) in [6.45, 7) is 0. The summed E-state index contributed by atoms with van der Waals surface area (Å²) in [6.07, 6.45) is 3.44. The second kappa shape index (κ2) is 12.3. The minimum Gasteiger partial charge on any atom is -0.263 e. The lowest BCUT2D eigenvalue weighted by Gasteiger charge is -2.34. The van der Waals surface area contributed by atoms with Crippen molar-refractivity contribution in [3.63, 3.8) is 0 Å². The standard InChI is InChI=1S/C51H32N2/c52-31-34-26-41(33-53-32-34)37-14-11-15-40(28-37)47-30-49-50(45-21-10-9-20-44(45)47)46-25-24-39(38-23-22-35-12-7-8-13-36(35)27-38)29-48(46)51(49,42-16-3-1-4-17-42)43-18-5-2-6-19-43/h1-30,32-33H. The van der Waals surface area contributed by atoms with Gasteiger partial charge in [0.25, 0.3) is 0 Å². The summed E-state index contributed by atoms with van der Waals surface area (Å²) in [4.78, 5) is 4.36. The molecule has 0 aliphatic heterocycles. The van der Waals surface area contributed by atoms with E-state index in [0.717, 1.165) is 16.7 Å². The van der Waals surface area contributed by atoms with E-state index >= 15 is 0 Å². The third-order valence-corrected chi connectivity index (χ3v) is 11.0. The Labute approximate surface area is 308 Å². The van der Waals surface area contributed by atoms with Gasteiger partial charge in [-0.25, -0.2) is 0 Å². The van der Waals surface area contributed by atoms with Crippen LogP contribution in [0, 0.1) is 11.3 Å². The average molecular weight is 673 g/mol. The Balaban J connectivity index is 1.29. The van der Waals surface area contributed by atoms with Crippen molar-refractivity contribution in [3.05, 3.63) is 222 Å². The third-order valence-electron chi connectivity index (χ3n) is 11.0. The van der Waals surface area contributed by atoms with Crippen LogP contribution in [0.2, 0.25) is 0 Å². The van der Waals surface area contributed by atoms with Crippen LogP contribution < -0.4 is 0 Å². The van der Waals surface area contributed by atoms with Crippen molar-refractivity contribution in [1.29, 1.82) is 5.26 Å². The highest BCUT2D eigenvalue weighted by Crippen LogP contribution is 2.59. The Bertz CT molecular complexity index is 2860. The van der Waals surface area contributed by atoms with Gasteiger partial charge in [0.15, 0.2) is 0 Å². The highest BCUT2D eigenvalue weighted by Gasteiger charge is 2.47. The molecule has 0 bridgehead atoms. The van der Waals surface area contributed by atoms with Gasteiger partial charge in [0.1, 0.15) is 6.07 Å². The maximum atomic E-state index is 9.59. The van der Waals surface area contributed by atoms with E-state index in [0.29, 0.717) is 5.56 Å². The zero-order valence-electron chi connectivity index (χ0n) is 28.9. The van der Waals surface area contributed by atoms with E-state index in [1.165, 1.54) is 71.6 Å². The van der Waals surface area contributed by atoms with Gasteiger partial charge in [-0.3, -0.25) is 4.98 Å². The molecule has 9 aromatic rings. The summed E-state index contributed by atoms with van der Waals surface area (Å²) in [7, 11) is 0. The van der Waals surface area contributed by atoms with Gasteiger partial charge in [-0.1, -0.05) is 152 Å². The summed E-state index contributed by atoms with van der Waals surface area (Å²) in [5.74, 6) is 0. The van der Waals surface area contributed by atoms with Gasteiger partial charge < -0.3 is 0 Å². The number of aromatic nitrogens is 1. The number of benzene rings is 8. The lowest BCUT2D eigenvalue weighted by atomic mass is 9.67. The molecule has 1 aliphatic carbocycles. The summed E-state index contributed by atoms with van der Waals surface area (Å²) in [5.41, 5.74) is 14.2. The summed E-state index contributed by atoms with van der Waals surface area (Å²) < 4.78 is 0. The fourth-order valence-corrected chi connectivity index (χ4v) is 8.66. The fourth-order valence-electron chi connectivity index (χ4n) is 8.66. The number of nitrogens with zero attached hydrogens (tertiary/aromatic N) is 2. The molecule has 0 atom stereocenters. The molecular weight excluding hydrogens is 641 g/mol. The van der Waals surface area contributed by atoms with Crippen molar-refractivity contribution in [2.24, 2.45) is 0 Å². The number of hydrogen-bond donors (Lipinski definition) is 0. The lowest BCUT2D eigenvalue weighted by molar-refractivity contribution is 0.769. The molecule has 2 nitrogen and oxygen atoms in total. The highest BCUT2D eigenvalue weighted by molar-refractivity contribution is 6.10. The van der Waals surface area contributed by atoms with Crippen molar-refractivity contribution >= 4 is 21.5 Å². The topological polar surface area (TPSA) is 36.7 Å². The fraction of sp³-hybridized carbons (Fsp3) is 0.0196. The quantitative estimate of drug-likeness (QED) is 0.182. The largest absolute Gasteiger partial charge is 0.263 e. The summed E-state index contributed by atoms with van der Waals surface area (Å²) >= 11 is 0. The van der Waals surface area contributed by atoms with Gasteiger partial charge >= 0.3 is 0 Å². The predicted molar refractivity (Wildman–Crippen MR) is 218 cm³/mol. The first-order chi connectivity index (χ1) is 26.2. The molecule has 1 aromatic heterocycles. The third kappa shape index (κ3) is 4.83. The Morgan fingerprint density at radius 1 is 0.415 bits per heavy atom. The lowest BCUT2D eigenvalue weighted by Crippen LogP contribution is -2.28. The van der Waals surface area contributed by atoms with Gasteiger partial charge in [-0.05, 0) is 113 Å². The van der Waals surface area contributed by atoms with E-state index in [1.807, 2.05) is 12.3 Å². The van der Waals surface area contributed by atoms with Crippen molar-refractivity contribution in [1.82, 2.24) is 4.98 Å². The number of nitriles is 1. The maximum absolute atomic E-state index is 9.59. The molecule has 1 aliphatic rings. The van der Waals surface area contributed by atoms with Crippen LogP contribution in [0.25, 0.3) is 66.1 Å². The van der Waals surface area contributed by atoms with Crippen LogP contribution in [-0.4, -0.2) is 4.98 Å². The number of rotatable bonds is 5. The average Bonchev–Trinajstić information content (AvgIpc) is 3.54. The zero-order valence-corrected chi connectivity index (χ0v) is 28.9. The highest BCUT2D eigenvalue weighted by atomic mass is 14.6. The molecule has 246 valence electrons. The van der Waals surface area contributed by atoms with Crippen molar-refractivity contribution in [2.45, 2.75) is 5.41 Å².